The van der Waals surface area contributed by atoms with E-state index in [1.807, 2.05) is 24.3 Å². The van der Waals surface area contributed by atoms with Gasteiger partial charge in [-0.15, -0.1) is 0 Å². The number of hydrogen-bond donors (Lipinski definition) is 2. The van der Waals surface area contributed by atoms with E-state index in [0.29, 0.717) is 11.4 Å². The van der Waals surface area contributed by atoms with Gasteiger partial charge in [-0.05, 0) is 55.7 Å². The van der Waals surface area contributed by atoms with Crippen LogP contribution in [0.5, 0.6) is 0 Å². The van der Waals surface area contributed by atoms with E-state index in [4.69, 9.17) is 10.2 Å². The van der Waals surface area contributed by atoms with E-state index < -0.39 is 5.60 Å². The molecule has 2 aromatic rings. The van der Waals surface area contributed by atoms with Crippen LogP contribution in [0.2, 0.25) is 0 Å². The number of rotatable bonds is 5. The molecule has 25 heavy (non-hydrogen) atoms. The predicted octanol–water partition coefficient (Wildman–Crippen LogP) is 2.96. The topological polar surface area (TPSA) is 99.3 Å². The minimum absolute atomic E-state index is 0.174. The van der Waals surface area contributed by atoms with Crippen LogP contribution in [-0.2, 0) is 16.0 Å². The first-order chi connectivity index (χ1) is 11.9. The normalized spacial score (nSPS) is 9.92. The van der Waals surface area contributed by atoms with E-state index in [0.717, 1.165) is 17.5 Å². The number of aliphatic imine (C=N–C) groups is 2. The lowest BCUT2D eigenvalue weighted by Gasteiger charge is -2.10. The Kier molecular flexibility index (Phi) is 8.13. The maximum atomic E-state index is 10.1. The molecule has 0 unspecified atom stereocenters. The Morgan fingerprint density at radius 2 is 1.16 bits per heavy atom. The first-order valence-electron chi connectivity index (χ1n) is 7.55. The molecule has 2 N–H and O–H groups in total. The number of carbonyl (C=O) groups excluding carboxylic acids is 2. The summed E-state index contributed by atoms with van der Waals surface area (Å²) >= 11 is 0. The van der Waals surface area contributed by atoms with Crippen LogP contribution in [0, 0.1) is 0 Å². The molecule has 6 heteroatoms. The van der Waals surface area contributed by atoms with Crippen molar-refractivity contribution in [3.8, 4) is 0 Å². The van der Waals surface area contributed by atoms with Crippen LogP contribution in [0.15, 0.2) is 58.5 Å². The van der Waals surface area contributed by atoms with Crippen molar-refractivity contribution in [2.75, 3.05) is 6.61 Å². The second-order valence-electron chi connectivity index (χ2n) is 5.89. The highest BCUT2D eigenvalue weighted by Gasteiger charge is 2.07. The molecular formula is C19H20N2O4. The molecule has 130 valence electrons. The van der Waals surface area contributed by atoms with E-state index in [9.17, 15) is 9.59 Å². The van der Waals surface area contributed by atoms with Crippen molar-refractivity contribution in [2.24, 2.45) is 9.98 Å². The van der Waals surface area contributed by atoms with Gasteiger partial charge in [0.05, 0.1) is 23.6 Å². The van der Waals surface area contributed by atoms with Crippen LogP contribution >= 0.6 is 0 Å². The van der Waals surface area contributed by atoms with E-state index in [2.05, 4.69) is 9.98 Å². The number of isocyanates is 2. The van der Waals surface area contributed by atoms with Crippen LogP contribution < -0.4 is 0 Å². The number of nitrogens with zero attached hydrogens (tertiary/aromatic N) is 2. The number of benzene rings is 2. The first-order valence-corrected chi connectivity index (χ1v) is 7.55. The Morgan fingerprint density at radius 3 is 1.40 bits per heavy atom. The molecule has 0 spiro atoms. The maximum absolute atomic E-state index is 10.1. The molecule has 2 rings (SSSR count). The zero-order valence-corrected chi connectivity index (χ0v) is 14.1. The van der Waals surface area contributed by atoms with Crippen molar-refractivity contribution in [1.29, 1.82) is 0 Å². The molecule has 0 aliphatic carbocycles. The summed E-state index contributed by atoms with van der Waals surface area (Å²) in [6, 6.07) is 14.7. The molecule has 6 nitrogen and oxygen atoms in total. The van der Waals surface area contributed by atoms with E-state index in [-0.39, 0.29) is 6.61 Å². The van der Waals surface area contributed by atoms with Crippen LogP contribution in [-0.4, -0.2) is 34.6 Å². The average molecular weight is 340 g/mol. The molecule has 0 aliphatic heterocycles. The van der Waals surface area contributed by atoms with Gasteiger partial charge in [-0.2, -0.15) is 9.98 Å². The Hall–Kier alpha value is -2.88. The molecule has 0 radical (unpaired) electrons. The zero-order valence-electron chi connectivity index (χ0n) is 14.1. The molecule has 0 fully saturated rings. The first kappa shape index (κ1) is 20.2. The highest BCUT2D eigenvalue weighted by Crippen LogP contribution is 2.17. The van der Waals surface area contributed by atoms with Crippen molar-refractivity contribution in [1.82, 2.24) is 0 Å². The molecule has 0 saturated carbocycles. The van der Waals surface area contributed by atoms with Gasteiger partial charge >= 0.3 is 0 Å². The standard InChI is InChI=1S/C15H10N2O2.C4H10O2/c18-10-16-14-5-1-12(2-6-14)9-13-3-7-15(8-4-13)17-11-19;1-4(2,6)3-5/h1-8H,9H2;5-6H,3H2,1-2H3. The van der Waals surface area contributed by atoms with E-state index in [1.165, 1.54) is 12.2 Å². The molecular weight excluding hydrogens is 320 g/mol. The zero-order chi connectivity index (χ0) is 18.7. The second kappa shape index (κ2) is 10.1. The summed E-state index contributed by atoms with van der Waals surface area (Å²) in [7, 11) is 0. The van der Waals surface area contributed by atoms with Crippen molar-refractivity contribution in [2.45, 2.75) is 25.9 Å². The monoisotopic (exact) mass is 340 g/mol. The van der Waals surface area contributed by atoms with Gasteiger partial charge in [0.15, 0.2) is 0 Å². The molecule has 0 aliphatic rings. The Labute approximate surface area is 146 Å². The summed E-state index contributed by atoms with van der Waals surface area (Å²) < 4.78 is 0. The fourth-order valence-corrected chi connectivity index (χ4v) is 1.72. The lowest BCUT2D eigenvalue weighted by atomic mass is 10.0. The van der Waals surface area contributed by atoms with E-state index in [1.54, 1.807) is 38.1 Å². The van der Waals surface area contributed by atoms with Gasteiger partial charge in [0.2, 0.25) is 12.2 Å². The third-order valence-electron chi connectivity index (χ3n) is 3.02. The largest absolute Gasteiger partial charge is 0.393 e. The van der Waals surface area contributed by atoms with Gasteiger partial charge in [-0.25, -0.2) is 9.59 Å². The van der Waals surface area contributed by atoms with Gasteiger partial charge in [0.1, 0.15) is 0 Å². The molecule has 2 aromatic carbocycles. The minimum atomic E-state index is -0.903. The summed E-state index contributed by atoms with van der Waals surface area (Å²) in [4.78, 5) is 27.3. The Morgan fingerprint density at radius 1 is 0.840 bits per heavy atom. The smallest absolute Gasteiger partial charge is 0.240 e. The number of aliphatic hydroxyl groups is 2. The Bertz CT molecular complexity index is 690. The summed E-state index contributed by atoms with van der Waals surface area (Å²) in [5, 5.41) is 16.7. The van der Waals surface area contributed by atoms with E-state index >= 15 is 0 Å². The maximum Gasteiger partial charge on any atom is 0.240 e. The predicted molar refractivity (Wildman–Crippen MR) is 94.6 cm³/mol. The third-order valence-corrected chi connectivity index (χ3v) is 3.02. The lowest BCUT2D eigenvalue weighted by molar-refractivity contribution is 0.0183. The lowest BCUT2D eigenvalue weighted by Crippen LogP contribution is -2.23. The minimum Gasteiger partial charge on any atom is -0.393 e. The van der Waals surface area contributed by atoms with Crippen molar-refractivity contribution in [3.63, 3.8) is 0 Å². The third kappa shape index (κ3) is 8.51. The summed E-state index contributed by atoms with van der Waals surface area (Å²) in [6.45, 7) is 2.92. The summed E-state index contributed by atoms with van der Waals surface area (Å²) in [5.74, 6) is 0. The highest BCUT2D eigenvalue weighted by atomic mass is 16.3. The summed E-state index contributed by atoms with van der Waals surface area (Å²) in [5.41, 5.74) is 2.50. The average Bonchev–Trinajstić information content (AvgIpc) is 2.59. The van der Waals surface area contributed by atoms with Crippen LogP contribution in [0.3, 0.4) is 0 Å². The molecule has 0 bridgehead atoms. The Balaban J connectivity index is 0.000000450. The summed E-state index contributed by atoms with van der Waals surface area (Å²) in [6.07, 6.45) is 3.77. The molecule has 0 atom stereocenters. The molecule has 0 aromatic heterocycles. The van der Waals surface area contributed by atoms with Gasteiger partial charge in [-0.3, -0.25) is 0 Å². The van der Waals surface area contributed by atoms with Gasteiger partial charge in [0, 0.05) is 0 Å². The van der Waals surface area contributed by atoms with Gasteiger partial charge in [-0.1, -0.05) is 24.3 Å². The fourth-order valence-electron chi connectivity index (χ4n) is 1.72. The molecule has 0 saturated heterocycles. The van der Waals surface area contributed by atoms with Crippen molar-refractivity contribution in [3.05, 3.63) is 59.7 Å². The number of hydrogen-bond acceptors (Lipinski definition) is 6. The quantitative estimate of drug-likeness (QED) is 0.645. The van der Waals surface area contributed by atoms with Gasteiger partial charge in [0.25, 0.3) is 0 Å². The van der Waals surface area contributed by atoms with Gasteiger partial charge < -0.3 is 10.2 Å². The number of aliphatic hydroxyl groups excluding tert-OH is 1. The molecule has 0 amide bonds. The second-order valence-corrected chi connectivity index (χ2v) is 5.89. The van der Waals surface area contributed by atoms with Crippen LogP contribution in [0.25, 0.3) is 0 Å². The van der Waals surface area contributed by atoms with Crippen molar-refractivity contribution < 1.29 is 19.8 Å². The van der Waals surface area contributed by atoms with Crippen LogP contribution in [0.4, 0.5) is 11.4 Å². The highest BCUT2D eigenvalue weighted by molar-refractivity contribution is 5.51. The van der Waals surface area contributed by atoms with Crippen LogP contribution in [0.1, 0.15) is 25.0 Å². The molecule has 0 heterocycles. The SMILES string of the molecule is CC(C)(O)CO.O=C=Nc1ccc(Cc2ccc(N=C=O)cc2)cc1. The fraction of sp³-hybridized carbons (Fsp3) is 0.263. The van der Waals surface area contributed by atoms with Crippen molar-refractivity contribution >= 4 is 23.5 Å².